The highest BCUT2D eigenvalue weighted by molar-refractivity contribution is 6.32. The molecule has 0 spiro atoms. The van der Waals surface area contributed by atoms with Gasteiger partial charge in [-0.2, -0.15) is 0 Å². The lowest BCUT2D eigenvalue weighted by molar-refractivity contribution is -0.121. The summed E-state index contributed by atoms with van der Waals surface area (Å²) in [4.78, 5) is 23.0. The molecule has 0 aliphatic carbocycles. The minimum Gasteiger partial charge on any atom is -0.452 e. The number of amides is 2. The van der Waals surface area contributed by atoms with E-state index in [0.29, 0.717) is 0 Å². The summed E-state index contributed by atoms with van der Waals surface area (Å²) in [7, 11) is 0. The molecule has 1 aromatic rings. The molecule has 2 N–H and O–H groups in total. The number of nitrogens with one attached hydrogen (secondary N) is 2. The van der Waals surface area contributed by atoms with E-state index in [9.17, 15) is 9.59 Å². The maximum atomic E-state index is 11.6. The maximum absolute atomic E-state index is 11.6. The molecule has 2 amide bonds. The molecule has 6 heteroatoms. The standard InChI is InChI=1S/C12H17ClN2O3/c1-3-8(2)15-10(16)4-6-14-12(17)9-5-7-18-11(9)13/h5,7-8H,3-4,6H2,1-2H3,(H,14,17)(H,15,16). The van der Waals surface area contributed by atoms with Crippen LogP contribution < -0.4 is 10.6 Å². The van der Waals surface area contributed by atoms with Gasteiger partial charge in [-0.05, 0) is 31.0 Å². The zero-order valence-electron chi connectivity index (χ0n) is 10.5. The minimum atomic E-state index is -0.343. The molecule has 0 saturated carbocycles. The minimum absolute atomic E-state index is 0.0524. The van der Waals surface area contributed by atoms with Crippen molar-refractivity contribution in [3.8, 4) is 0 Å². The Morgan fingerprint density at radius 3 is 2.78 bits per heavy atom. The van der Waals surface area contributed by atoms with Crippen molar-refractivity contribution in [3.63, 3.8) is 0 Å². The Kier molecular flexibility index (Phi) is 5.71. The van der Waals surface area contributed by atoms with Gasteiger partial charge in [-0.1, -0.05) is 6.92 Å². The largest absolute Gasteiger partial charge is 0.452 e. The lowest BCUT2D eigenvalue weighted by atomic mass is 10.2. The number of rotatable bonds is 6. The molecule has 0 aromatic carbocycles. The third-order valence-corrected chi connectivity index (χ3v) is 2.81. The fourth-order valence-corrected chi connectivity index (χ4v) is 1.49. The van der Waals surface area contributed by atoms with Gasteiger partial charge in [0.05, 0.1) is 11.8 Å². The molecule has 0 saturated heterocycles. The van der Waals surface area contributed by atoms with Crippen molar-refractivity contribution >= 4 is 23.4 Å². The summed E-state index contributed by atoms with van der Waals surface area (Å²) in [5.74, 6) is -0.423. The van der Waals surface area contributed by atoms with Crippen molar-refractivity contribution < 1.29 is 14.0 Å². The maximum Gasteiger partial charge on any atom is 0.256 e. The van der Waals surface area contributed by atoms with Gasteiger partial charge >= 0.3 is 0 Å². The number of carbonyl (C=O) groups is 2. The molecule has 0 fully saturated rings. The smallest absolute Gasteiger partial charge is 0.256 e. The summed E-state index contributed by atoms with van der Waals surface area (Å²) in [6.45, 7) is 4.19. The summed E-state index contributed by atoms with van der Waals surface area (Å²) in [5, 5.41) is 5.47. The molecular formula is C12H17ClN2O3. The summed E-state index contributed by atoms with van der Waals surface area (Å²) < 4.78 is 4.81. The van der Waals surface area contributed by atoms with Crippen LogP contribution in [0.4, 0.5) is 0 Å². The summed E-state index contributed by atoms with van der Waals surface area (Å²) in [6.07, 6.45) is 2.46. The average molecular weight is 273 g/mol. The third-order valence-electron chi connectivity index (χ3n) is 2.52. The Bertz CT molecular complexity index is 417. The van der Waals surface area contributed by atoms with Crippen molar-refractivity contribution in [2.24, 2.45) is 0 Å². The number of hydrogen-bond donors (Lipinski definition) is 2. The van der Waals surface area contributed by atoms with Gasteiger partial charge in [0.25, 0.3) is 5.91 Å². The average Bonchev–Trinajstić information content (AvgIpc) is 2.75. The zero-order chi connectivity index (χ0) is 13.5. The van der Waals surface area contributed by atoms with Crippen LogP contribution in [0.1, 0.15) is 37.0 Å². The molecule has 0 aliphatic heterocycles. The number of halogens is 1. The van der Waals surface area contributed by atoms with E-state index in [4.69, 9.17) is 16.0 Å². The zero-order valence-corrected chi connectivity index (χ0v) is 11.2. The molecule has 5 nitrogen and oxygen atoms in total. The van der Waals surface area contributed by atoms with Crippen LogP contribution in [0.5, 0.6) is 0 Å². The molecule has 18 heavy (non-hydrogen) atoms. The van der Waals surface area contributed by atoms with Crippen molar-refractivity contribution in [2.45, 2.75) is 32.7 Å². The molecule has 1 rings (SSSR count). The monoisotopic (exact) mass is 272 g/mol. The first-order valence-corrected chi connectivity index (χ1v) is 6.23. The first-order valence-electron chi connectivity index (χ1n) is 5.85. The SMILES string of the molecule is CCC(C)NC(=O)CCNC(=O)c1ccoc1Cl. The van der Waals surface area contributed by atoms with Gasteiger partial charge in [-0.15, -0.1) is 0 Å². The first kappa shape index (κ1) is 14.6. The van der Waals surface area contributed by atoms with Gasteiger partial charge in [0, 0.05) is 19.0 Å². The molecule has 1 aromatic heterocycles. The summed E-state index contributed by atoms with van der Waals surface area (Å²) in [6, 6.07) is 1.63. The molecule has 0 radical (unpaired) electrons. The van der Waals surface area contributed by atoms with Crippen LogP contribution in [0.25, 0.3) is 0 Å². The molecule has 100 valence electrons. The second-order valence-corrected chi connectivity index (χ2v) is 4.33. The first-order chi connectivity index (χ1) is 8.54. The molecule has 0 aliphatic rings. The third kappa shape index (κ3) is 4.41. The van der Waals surface area contributed by atoms with Crippen molar-refractivity contribution in [1.29, 1.82) is 0 Å². The van der Waals surface area contributed by atoms with Gasteiger partial charge in [-0.3, -0.25) is 9.59 Å². The molecule has 1 unspecified atom stereocenters. The van der Waals surface area contributed by atoms with Crippen molar-refractivity contribution in [3.05, 3.63) is 23.1 Å². The number of furan rings is 1. The van der Waals surface area contributed by atoms with Gasteiger partial charge in [0.2, 0.25) is 11.1 Å². The molecule has 1 heterocycles. The predicted molar refractivity (Wildman–Crippen MR) is 68.6 cm³/mol. The number of carbonyl (C=O) groups excluding carboxylic acids is 2. The second-order valence-electron chi connectivity index (χ2n) is 3.99. The van der Waals surface area contributed by atoms with Gasteiger partial charge in [0.1, 0.15) is 0 Å². The van der Waals surface area contributed by atoms with E-state index in [-0.39, 0.29) is 41.6 Å². The Labute approximate surface area is 111 Å². The topological polar surface area (TPSA) is 71.3 Å². The van der Waals surface area contributed by atoms with Crippen LogP contribution in [-0.2, 0) is 4.79 Å². The highest BCUT2D eigenvalue weighted by Crippen LogP contribution is 2.15. The fraction of sp³-hybridized carbons (Fsp3) is 0.500. The van der Waals surface area contributed by atoms with E-state index in [1.807, 2.05) is 13.8 Å². The van der Waals surface area contributed by atoms with E-state index >= 15 is 0 Å². The Morgan fingerprint density at radius 2 is 2.22 bits per heavy atom. The van der Waals surface area contributed by atoms with Gasteiger partial charge in [0.15, 0.2) is 0 Å². The van der Waals surface area contributed by atoms with Crippen LogP contribution in [-0.4, -0.2) is 24.4 Å². The number of hydrogen-bond acceptors (Lipinski definition) is 3. The van der Waals surface area contributed by atoms with E-state index < -0.39 is 0 Å². The predicted octanol–water partition coefficient (Wildman–Crippen LogP) is 1.97. The molecule has 0 bridgehead atoms. The van der Waals surface area contributed by atoms with E-state index in [2.05, 4.69) is 10.6 Å². The van der Waals surface area contributed by atoms with Crippen LogP contribution >= 0.6 is 11.6 Å². The molecule has 1 atom stereocenters. The fourth-order valence-electron chi connectivity index (χ4n) is 1.29. The van der Waals surface area contributed by atoms with Gasteiger partial charge in [-0.25, -0.2) is 0 Å². The van der Waals surface area contributed by atoms with Crippen LogP contribution in [0, 0.1) is 0 Å². The van der Waals surface area contributed by atoms with E-state index in [1.165, 1.54) is 12.3 Å². The van der Waals surface area contributed by atoms with Crippen LogP contribution in [0.15, 0.2) is 16.7 Å². The highest BCUT2D eigenvalue weighted by Gasteiger charge is 2.13. The summed E-state index contributed by atoms with van der Waals surface area (Å²) >= 11 is 5.66. The normalized spacial score (nSPS) is 11.9. The summed E-state index contributed by atoms with van der Waals surface area (Å²) in [5.41, 5.74) is 0.277. The Balaban J connectivity index is 2.28. The quantitative estimate of drug-likeness (QED) is 0.832. The lowest BCUT2D eigenvalue weighted by Crippen LogP contribution is -2.35. The second kappa shape index (κ2) is 7.06. The highest BCUT2D eigenvalue weighted by atomic mass is 35.5. The van der Waals surface area contributed by atoms with Gasteiger partial charge < -0.3 is 15.1 Å². The Hall–Kier alpha value is -1.49. The van der Waals surface area contributed by atoms with Crippen LogP contribution in [0.3, 0.4) is 0 Å². The van der Waals surface area contributed by atoms with E-state index in [1.54, 1.807) is 0 Å². The van der Waals surface area contributed by atoms with Crippen molar-refractivity contribution in [2.75, 3.05) is 6.54 Å². The van der Waals surface area contributed by atoms with Crippen molar-refractivity contribution in [1.82, 2.24) is 10.6 Å². The van der Waals surface area contributed by atoms with Crippen LogP contribution in [0.2, 0.25) is 5.22 Å². The van der Waals surface area contributed by atoms with E-state index in [0.717, 1.165) is 6.42 Å². The molecular weight excluding hydrogens is 256 g/mol. The lowest BCUT2D eigenvalue weighted by Gasteiger charge is -2.11. The Morgan fingerprint density at radius 1 is 1.50 bits per heavy atom.